The Morgan fingerprint density at radius 3 is 2.24 bits per heavy atom. The lowest BCUT2D eigenvalue weighted by Crippen LogP contribution is -2.26. The minimum Gasteiger partial charge on any atom is -0.466 e. The molecular formula is C17H21NO3. The van der Waals surface area contributed by atoms with Gasteiger partial charge in [-0.3, -0.25) is 4.79 Å². The molecule has 1 amide bonds. The number of aliphatic hydroxyl groups excluding tert-OH is 1. The van der Waals surface area contributed by atoms with Crippen LogP contribution in [-0.2, 0) is 13.0 Å². The predicted octanol–water partition coefficient (Wildman–Crippen LogP) is 2.67. The molecule has 21 heavy (non-hydrogen) atoms. The highest BCUT2D eigenvalue weighted by molar-refractivity contribution is 5.96. The molecule has 0 bridgehead atoms. The summed E-state index contributed by atoms with van der Waals surface area (Å²) < 4.78 is 5.47. The van der Waals surface area contributed by atoms with Crippen molar-refractivity contribution in [1.29, 1.82) is 0 Å². The minimum atomic E-state index is -0.0890. The highest BCUT2D eigenvalue weighted by Crippen LogP contribution is 2.20. The van der Waals surface area contributed by atoms with E-state index in [9.17, 15) is 4.79 Å². The third-order valence-corrected chi connectivity index (χ3v) is 3.69. The number of hydrogen-bond acceptors (Lipinski definition) is 3. The van der Waals surface area contributed by atoms with Gasteiger partial charge in [-0.2, -0.15) is 0 Å². The molecule has 2 aromatic rings. The van der Waals surface area contributed by atoms with Crippen molar-refractivity contribution in [2.75, 3.05) is 6.54 Å². The van der Waals surface area contributed by atoms with Crippen molar-refractivity contribution in [2.24, 2.45) is 0 Å². The molecule has 112 valence electrons. The second-order valence-corrected chi connectivity index (χ2v) is 5.19. The molecule has 1 aromatic carbocycles. The Morgan fingerprint density at radius 2 is 1.71 bits per heavy atom. The summed E-state index contributed by atoms with van der Waals surface area (Å²) >= 11 is 0. The topological polar surface area (TPSA) is 62.5 Å². The van der Waals surface area contributed by atoms with Crippen molar-refractivity contribution in [3.05, 3.63) is 58.0 Å². The standard InChI is InChI=1S/C17H21NO3/c1-11-12(2)21-13(3)16(11)17(20)18-9-8-14-4-6-15(10-19)7-5-14/h4-7,19H,8-10H2,1-3H3,(H,18,20). The highest BCUT2D eigenvalue weighted by Gasteiger charge is 2.17. The van der Waals surface area contributed by atoms with Crippen LogP contribution in [-0.4, -0.2) is 17.6 Å². The lowest BCUT2D eigenvalue weighted by Gasteiger charge is -2.06. The third-order valence-electron chi connectivity index (χ3n) is 3.69. The van der Waals surface area contributed by atoms with Crippen LogP contribution in [0.1, 0.15) is 38.6 Å². The molecule has 4 heteroatoms. The molecule has 0 fully saturated rings. The van der Waals surface area contributed by atoms with Gasteiger partial charge >= 0.3 is 0 Å². The third kappa shape index (κ3) is 3.52. The summed E-state index contributed by atoms with van der Waals surface area (Å²) in [6.07, 6.45) is 0.756. The smallest absolute Gasteiger partial charge is 0.255 e. The molecule has 0 saturated heterocycles. The Balaban J connectivity index is 1.92. The van der Waals surface area contributed by atoms with E-state index in [1.807, 2.05) is 45.0 Å². The van der Waals surface area contributed by atoms with E-state index in [2.05, 4.69) is 5.32 Å². The van der Waals surface area contributed by atoms with E-state index in [0.717, 1.165) is 28.9 Å². The first-order chi connectivity index (χ1) is 10.0. The van der Waals surface area contributed by atoms with E-state index >= 15 is 0 Å². The van der Waals surface area contributed by atoms with Crippen molar-refractivity contribution in [3.63, 3.8) is 0 Å². The molecule has 0 aliphatic carbocycles. The molecule has 4 nitrogen and oxygen atoms in total. The number of aryl methyl sites for hydroxylation is 2. The number of amides is 1. The van der Waals surface area contributed by atoms with E-state index in [4.69, 9.17) is 9.52 Å². The second-order valence-electron chi connectivity index (χ2n) is 5.19. The highest BCUT2D eigenvalue weighted by atomic mass is 16.3. The quantitative estimate of drug-likeness (QED) is 0.888. The molecule has 0 aliphatic heterocycles. The van der Waals surface area contributed by atoms with Crippen LogP contribution < -0.4 is 5.32 Å². The zero-order valence-corrected chi connectivity index (χ0v) is 12.7. The molecule has 0 aliphatic rings. The first kappa shape index (κ1) is 15.3. The Hall–Kier alpha value is -2.07. The summed E-state index contributed by atoms with van der Waals surface area (Å²) in [5, 5.41) is 11.9. The zero-order valence-electron chi connectivity index (χ0n) is 12.7. The molecule has 1 heterocycles. The summed E-state index contributed by atoms with van der Waals surface area (Å²) in [4.78, 5) is 12.2. The number of carbonyl (C=O) groups is 1. The van der Waals surface area contributed by atoms with Crippen LogP contribution in [0.25, 0.3) is 0 Å². The van der Waals surface area contributed by atoms with Gasteiger partial charge in [-0.15, -0.1) is 0 Å². The number of nitrogens with one attached hydrogen (secondary N) is 1. The van der Waals surface area contributed by atoms with Crippen molar-refractivity contribution in [1.82, 2.24) is 5.32 Å². The van der Waals surface area contributed by atoms with Gasteiger partial charge in [0.05, 0.1) is 12.2 Å². The summed E-state index contributed by atoms with van der Waals surface area (Å²) in [5.74, 6) is 1.36. The van der Waals surface area contributed by atoms with E-state index in [-0.39, 0.29) is 12.5 Å². The van der Waals surface area contributed by atoms with E-state index in [1.165, 1.54) is 0 Å². The van der Waals surface area contributed by atoms with Gasteiger partial charge in [0.15, 0.2) is 0 Å². The van der Waals surface area contributed by atoms with Crippen molar-refractivity contribution >= 4 is 5.91 Å². The zero-order chi connectivity index (χ0) is 15.4. The first-order valence-corrected chi connectivity index (χ1v) is 7.06. The van der Waals surface area contributed by atoms with Crippen LogP contribution in [0.15, 0.2) is 28.7 Å². The Kier molecular flexibility index (Phi) is 4.81. The number of carbonyl (C=O) groups excluding carboxylic acids is 1. The maximum atomic E-state index is 12.2. The van der Waals surface area contributed by atoms with Crippen LogP contribution in [0.5, 0.6) is 0 Å². The van der Waals surface area contributed by atoms with Gasteiger partial charge in [0.25, 0.3) is 5.91 Å². The lowest BCUT2D eigenvalue weighted by molar-refractivity contribution is 0.0952. The summed E-state index contributed by atoms with van der Waals surface area (Å²) in [7, 11) is 0. The lowest BCUT2D eigenvalue weighted by atomic mass is 10.1. The minimum absolute atomic E-state index is 0.0510. The molecule has 2 N–H and O–H groups in total. The fourth-order valence-electron chi connectivity index (χ4n) is 2.35. The maximum Gasteiger partial charge on any atom is 0.255 e. The molecule has 0 spiro atoms. The van der Waals surface area contributed by atoms with Gasteiger partial charge in [-0.05, 0) is 38.3 Å². The van der Waals surface area contributed by atoms with Gasteiger partial charge in [0, 0.05) is 12.1 Å². The Labute approximate surface area is 124 Å². The van der Waals surface area contributed by atoms with Gasteiger partial charge in [-0.1, -0.05) is 24.3 Å². The maximum absolute atomic E-state index is 12.2. The summed E-state index contributed by atoms with van der Waals surface area (Å²) in [5.41, 5.74) is 3.56. The molecule has 0 unspecified atom stereocenters. The van der Waals surface area contributed by atoms with Gasteiger partial charge in [0.1, 0.15) is 11.5 Å². The predicted molar refractivity (Wildman–Crippen MR) is 81.3 cm³/mol. The number of benzene rings is 1. The SMILES string of the molecule is Cc1oc(C)c(C(=O)NCCc2ccc(CO)cc2)c1C. The van der Waals surface area contributed by atoms with Crippen LogP contribution in [0.3, 0.4) is 0 Å². The number of aliphatic hydroxyl groups is 1. The summed E-state index contributed by atoms with van der Waals surface area (Å²) in [6.45, 7) is 6.19. The Bertz CT molecular complexity index is 626. The second kappa shape index (κ2) is 6.59. The average Bonchev–Trinajstić information content (AvgIpc) is 2.73. The van der Waals surface area contributed by atoms with Gasteiger partial charge in [0.2, 0.25) is 0 Å². The average molecular weight is 287 g/mol. The number of furan rings is 1. The van der Waals surface area contributed by atoms with Gasteiger partial charge < -0.3 is 14.8 Å². The van der Waals surface area contributed by atoms with Gasteiger partial charge in [-0.25, -0.2) is 0 Å². The fraction of sp³-hybridized carbons (Fsp3) is 0.353. The van der Waals surface area contributed by atoms with Crippen LogP contribution in [0, 0.1) is 20.8 Å². The van der Waals surface area contributed by atoms with Crippen LogP contribution >= 0.6 is 0 Å². The van der Waals surface area contributed by atoms with Crippen molar-refractivity contribution < 1.29 is 14.3 Å². The van der Waals surface area contributed by atoms with E-state index in [1.54, 1.807) is 0 Å². The first-order valence-electron chi connectivity index (χ1n) is 7.06. The monoisotopic (exact) mass is 287 g/mol. The normalized spacial score (nSPS) is 10.7. The Morgan fingerprint density at radius 1 is 1.10 bits per heavy atom. The molecule has 2 rings (SSSR count). The van der Waals surface area contributed by atoms with E-state index in [0.29, 0.717) is 17.9 Å². The fourth-order valence-corrected chi connectivity index (χ4v) is 2.35. The van der Waals surface area contributed by atoms with Crippen LogP contribution in [0.4, 0.5) is 0 Å². The van der Waals surface area contributed by atoms with Crippen molar-refractivity contribution in [3.8, 4) is 0 Å². The van der Waals surface area contributed by atoms with Crippen molar-refractivity contribution in [2.45, 2.75) is 33.8 Å². The molecule has 1 aromatic heterocycles. The molecule has 0 saturated carbocycles. The number of rotatable bonds is 5. The van der Waals surface area contributed by atoms with E-state index < -0.39 is 0 Å². The molecule has 0 atom stereocenters. The largest absolute Gasteiger partial charge is 0.466 e. The van der Waals surface area contributed by atoms with Crippen LogP contribution in [0.2, 0.25) is 0 Å². The summed E-state index contributed by atoms with van der Waals surface area (Å²) in [6, 6.07) is 7.72. The molecule has 0 radical (unpaired) electrons. The number of hydrogen-bond donors (Lipinski definition) is 2. The molecular weight excluding hydrogens is 266 g/mol.